The van der Waals surface area contributed by atoms with Crippen molar-refractivity contribution < 1.29 is 64.3 Å². The van der Waals surface area contributed by atoms with E-state index in [-0.39, 0.29) is 22.7 Å². The number of phenolic OH excluding ortho intramolecular Hbond substituents is 5. The van der Waals surface area contributed by atoms with Crippen molar-refractivity contribution in [3.63, 3.8) is 0 Å². The first-order valence-electron chi connectivity index (χ1n) is 13.0. The molecule has 1 fully saturated rings. The van der Waals surface area contributed by atoms with Crippen LogP contribution in [-0.2, 0) is 14.3 Å². The third-order valence-electron chi connectivity index (χ3n) is 6.74. The number of fused-ring (bicyclic) bond motifs is 1. The summed E-state index contributed by atoms with van der Waals surface area (Å²) in [5.74, 6) is -4.20. The van der Waals surface area contributed by atoms with E-state index in [1.807, 2.05) is 0 Å². The first kappa shape index (κ1) is 30.2. The van der Waals surface area contributed by atoms with Crippen LogP contribution in [-0.4, -0.2) is 84.1 Å². The number of aliphatic hydroxyl groups excluding tert-OH is 3. The van der Waals surface area contributed by atoms with Crippen LogP contribution in [0.15, 0.2) is 69.9 Å². The second-order valence-corrected chi connectivity index (χ2v) is 9.78. The lowest BCUT2D eigenvalue weighted by Crippen LogP contribution is -2.43. The van der Waals surface area contributed by atoms with E-state index in [1.54, 1.807) is 0 Å². The number of phenols is 5. The van der Waals surface area contributed by atoms with Crippen LogP contribution in [0.1, 0.15) is 5.56 Å². The molecule has 14 nitrogen and oxygen atoms in total. The van der Waals surface area contributed by atoms with Gasteiger partial charge in [0.2, 0.25) is 17.5 Å². The summed E-state index contributed by atoms with van der Waals surface area (Å²) in [6.07, 6.45) is -6.12. The van der Waals surface area contributed by atoms with Crippen LogP contribution in [0.3, 0.4) is 0 Å². The fourth-order valence-electron chi connectivity index (χ4n) is 4.58. The topological polar surface area (TPSA) is 237 Å². The molecule has 230 valence electrons. The third kappa shape index (κ3) is 5.95. The maximum Gasteiger partial charge on any atom is 0.331 e. The molecule has 44 heavy (non-hydrogen) atoms. The predicted molar refractivity (Wildman–Crippen MR) is 150 cm³/mol. The lowest BCUT2D eigenvalue weighted by Gasteiger charge is -2.22. The zero-order chi connectivity index (χ0) is 31.7. The van der Waals surface area contributed by atoms with Crippen LogP contribution in [0.25, 0.3) is 28.4 Å². The first-order valence-corrected chi connectivity index (χ1v) is 13.0. The Labute approximate surface area is 247 Å². The average Bonchev–Trinajstić information content (AvgIpc) is 3.28. The van der Waals surface area contributed by atoms with Crippen molar-refractivity contribution >= 4 is 23.0 Å². The minimum Gasteiger partial charge on any atom is -0.508 e. The Kier molecular flexibility index (Phi) is 8.33. The van der Waals surface area contributed by atoms with Gasteiger partial charge in [-0.15, -0.1) is 0 Å². The summed E-state index contributed by atoms with van der Waals surface area (Å²) < 4.78 is 22.4. The Balaban J connectivity index is 1.50. The molecule has 4 aromatic rings. The van der Waals surface area contributed by atoms with Gasteiger partial charge in [-0.05, 0) is 42.0 Å². The molecule has 0 saturated carbocycles. The molecule has 5 atom stereocenters. The summed E-state index contributed by atoms with van der Waals surface area (Å²) in [5, 5.41) is 80.1. The van der Waals surface area contributed by atoms with Crippen molar-refractivity contribution in [1.82, 2.24) is 0 Å². The maximum atomic E-state index is 13.6. The number of ether oxygens (including phenoxy) is 3. The SMILES string of the molecule is O=C(/C=C/c1ccc(O)cc1)O[C@@H]1[C@@H](O)[C@H](Oc2c(-c3ccc(O)c(O)c3)oc3cc(O)cc(O)c3c2=O)O[C@@H]1[C@H](O)CO. The fourth-order valence-corrected chi connectivity index (χ4v) is 4.58. The van der Waals surface area contributed by atoms with E-state index in [1.165, 1.54) is 36.4 Å². The second-order valence-electron chi connectivity index (χ2n) is 9.78. The number of rotatable bonds is 8. The minimum atomic E-state index is -1.85. The van der Waals surface area contributed by atoms with Gasteiger partial charge >= 0.3 is 5.97 Å². The Morgan fingerprint density at radius 3 is 2.34 bits per heavy atom. The van der Waals surface area contributed by atoms with Crippen molar-refractivity contribution in [2.24, 2.45) is 0 Å². The number of aromatic hydroxyl groups is 5. The van der Waals surface area contributed by atoms with Gasteiger partial charge in [-0.3, -0.25) is 4.79 Å². The highest BCUT2D eigenvalue weighted by atomic mass is 16.7. The first-order chi connectivity index (χ1) is 21.0. The fraction of sp³-hybridized carbons (Fsp3) is 0.200. The molecular formula is C30H26O14. The van der Waals surface area contributed by atoms with E-state index < -0.39 is 82.8 Å². The van der Waals surface area contributed by atoms with Gasteiger partial charge in [0.25, 0.3) is 0 Å². The summed E-state index contributed by atoms with van der Waals surface area (Å²) in [6, 6.07) is 11.1. The zero-order valence-corrected chi connectivity index (χ0v) is 22.5. The minimum absolute atomic E-state index is 0.0149. The number of carbonyl (C=O) groups is 1. The number of hydrogen-bond acceptors (Lipinski definition) is 14. The number of hydrogen-bond donors (Lipinski definition) is 8. The summed E-state index contributed by atoms with van der Waals surface area (Å²) in [7, 11) is 0. The van der Waals surface area contributed by atoms with E-state index >= 15 is 0 Å². The zero-order valence-electron chi connectivity index (χ0n) is 22.5. The van der Waals surface area contributed by atoms with E-state index in [0.29, 0.717) is 5.56 Å². The number of benzene rings is 3. The smallest absolute Gasteiger partial charge is 0.331 e. The van der Waals surface area contributed by atoms with Crippen LogP contribution in [0.5, 0.6) is 34.5 Å². The van der Waals surface area contributed by atoms with Crippen LogP contribution >= 0.6 is 0 Å². The van der Waals surface area contributed by atoms with Gasteiger partial charge in [-0.2, -0.15) is 0 Å². The molecule has 5 rings (SSSR count). The molecule has 1 saturated heterocycles. The second kappa shape index (κ2) is 12.1. The Morgan fingerprint density at radius 2 is 1.66 bits per heavy atom. The van der Waals surface area contributed by atoms with Crippen molar-refractivity contribution in [3.05, 3.63) is 76.5 Å². The van der Waals surface area contributed by atoms with Crippen molar-refractivity contribution in [1.29, 1.82) is 0 Å². The van der Waals surface area contributed by atoms with Crippen molar-refractivity contribution in [3.8, 4) is 45.8 Å². The normalized spacial score (nSPS) is 20.6. The molecule has 0 amide bonds. The number of esters is 1. The molecule has 0 spiro atoms. The molecule has 1 aromatic heterocycles. The van der Waals surface area contributed by atoms with Gasteiger partial charge < -0.3 is 59.5 Å². The molecule has 14 heteroatoms. The van der Waals surface area contributed by atoms with Gasteiger partial charge in [-0.1, -0.05) is 12.1 Å². The van der Waals surface area contributed by atoms with Gasteiger partial charge in [0.05, 0.1) is 6.61 Å². The van der Waals surface area contributed by atoms with E-state index in [9.17, 15) is 50.4 Å². The van der Waals surface area contributed by atoms with Crippen LogP contribution in [0.2, 0.25) is 0 Å². The molecule has 0 radical (unpaired) electrons. The van der Waals surface area contributed by atoms with Gasteiger partial charge in [-0.25, -0.2) is 4.79 Å². The highest BCUT2D eigenvalue weighted by Crippen LogP contribution is 2.40. The highest BCUT2D eigenvalue weighted by Gasteiger charge is 2.51. The maximum absolute atomic E-state index is 13.6. The Bertz CT molecular complexity index is 1780. The molecule has 3 aromatic carbocycles. The van der Waals surface area contributed by atoms with E-state index in [4.69, 9.17) is 18.6 Å². The standard InChI is InChI=1S/C30H26O14/c31-12-20(37)27-29(42-22(38)8-3-13-1-5-15(32)6-2-13)25(40)30(43-27)44-28-24(39)23-19(36)10-16(33)11-21(23)41-26(28)14-4-7-17(34)18(35)9-14/h1-11,20,25,27,29-37,40H,12H2/b8-3+/t20-,25-,27-,29-,30+/m1/s1. The van der Waals surface area contributed by atoms with Crippen LogP contribution < -0.4 is 10.2 Å². The summed E-state index contributed by atoms with van der Waals surface area (Å²) in [6.45, 7) is -0.866. The Morgan fingerprint density at radius 1 is 0.932 bits per heavy atom. The molecule has 1 aliphatic rings. The van der Waals surface area contributed by atoms with Gasteiger partial charge in [0.15, 0.2) is 29.5 Å². The van der Waals surface area contributed by atoms with Crippen molar-refractivity contribution in [2.45, 2.75) is 30.7 Å². The molecular weight excluding hydrogens is 584 g/mol. The predicted octanol–water partition coefficient (Wildman–Crippen LogP) is 1.43. The molecule has 1 aliphatic heterocycles. The number of aliphatic hydroxyl groups is 3. The Hall–Kier alpha value is -5.28. The van der Waals surface area contributed by atoms with Crippen LogP contribution in [0, 0.1) is 0 Å². The van der Waals surface area contributed by atoms with Crippen molar-refractivity contribution in [2.75, 3.05) is 6.61 Å². The van der Waals surface area contributed by atoms with Crippen LogP contribution in [0.4, 0.5) is 0 Å². The van der Waals surface area contributed by atoms with Gasteiger partial charge in [0, 0.05) is 23.8 Å². The molecule has 0 aliphatic carbocycles. The van der Waals surface area contributed by atoms with Gasteiger partial charge in [0.1, 0.15) is 40.4 Å². The largest absolute Gasteiger partial charge is 0.508 e. The van der Waals surface area contributed by atoms with E-state index in [2.05, 4.69) is 0 Å². The summed E-state index contributed by atoms with van der Waals surface area (Å²) >= 11 is 0. The molecule has 0 bridgehead atoms. The lowest BCUT2D eigenvalue weighted by atomic mass is 10.1. The summed E-state index contributed by atoms with van der Waals surface area (Å²) in [4.78, 5) is 26.2. The highest BCUT2D eigenvalue weighted by molar-refractivity contribution is 5.89. The monoisotopic (exact) mass is 610 g/mol. The van der Waals surface area contributed by atoms with E-state index in [0.717, 1.165) is 30.3 Å². The average molecular weight is 611 g/mol. The lowest BCUT2D eigenvalue weighted by molar-refractivity contribution is -0.155. The molecule has 0 unspecified atom stereocenters. The third-order valence-corrected chi connectivity index (χ3v) is 6.74. The summed E-state index contributed by atoms with van der Waals surface area (Å²) in [5.41, 5.74) is -0.766. The molecule has 8 N–H and O–H groups in total. The molecule has 2 heterocycles. The number of carbonyl (C=O) groups excluding carboxylic acids is 1. The quantitative estimate of drug-likeness (QED) is 0.0801.